The summed E-state index contributed by atoms with van der Waals surface area (Å²) in [5.74, 6) is -0.480. The van der Waals surface area contributed by atoms with Gasteiger partial charge in [-0.1, -0.05) is 24.3 Å². The number of nitrogens with one attached hydrogen (secondary N) is 2. The van der Waals surface area contributed by atoms with Crippen LogP contribution in [0.5, 0.6) is 0 Å². The maximum atomic E-state index is 12.0. The van der Waals surface area contributed by atoms with Crippen molar-refractivity contribution in [2.75, 3.05) is 11.9 Å². The van der Waals surface area contributed by atoms with Crippen LogP contribution in [0.3, 0.4) is 0 Å². The van der Waals surface area contributed by atoms with Crippen LogP contribution in [0.25, 0.3) is 0 Å². The lowest BCUT2D eigenvalue weighted by molar-refractivity contribution is 0.0952. The van der Waals surface area contributed by atoms with Gasteiger partial charge in [0.25, 0.3) is 11.8 Å². The Bertz CT molecular complexity index is 654. The van der Waals surface area contributed by atoms with Crippen LogP contribution in [0.15, 0.2) is 24.3 Å². The highest BCUT2D eigenvalue weighted by Gasteiger charge is 2.12. The Morgan fingerprint density at radius 2 is 2.05 bits per heavy atom. The minimum atomic E-state index is -0.327. The highest BCUT2D eigenvalue weighted by atomic mass is 32.1. The minimum Gasteiger partial charge on any atom is -0.352 e. The van der Waals surface area contributed by atoms with Gasteiger partial charge in [0.2, 0.25) is 5.01 Å². The number of amides is 2. The van der Waals surface area contributed by atoms with Crippen molar-refractivity contribution in [3.63, 3.8) is 0 Å². The molecular formula is C14H16N4O2S. The number of benzene rings is 1. The standard InChI is InChI=1S/C14H16N4O2S/c1-3-7-15-12(19)10-5-4-6-11(8-10)16-13(20)14-18-17-9(2)21-14/h4-6,8H,3,7H2,1-2H3,(H,15,19)(H,16,20). The lowest BCUT2D eigenvalue weighted by Crippen LogP contribution is -2.24. The average Bonchev–Trinajstić information content (AvgIpc) is 2.91. The second-order valence-electron chi connectivity index (χ2n) is 4.42. The first-order valence-electron chi connectivity index (χ1n) is 6.60. The second-order valence-corrected chi connectivity index (χ2v) is 5.60. The number of anilines is 1. The number of hydrogen-bond donors (Lipinski definition) is 2. The van der Waals surface area contributed by atoms with Gasteiger partial charge in [-0.25, -0.2) is 0 Å². The third-order valence-corrected chi connectivity index (χ3v) is 3.48. The smallest absolute Gasteiger partial charge is 0.286 e. The van der Waals surface area contributed by atoms with Crippen LogP contribution in [-0.4, -0.2) is 28.6 Å². The topological polar surface area (TPSA) is 84.0 Å². The Balaban J connectivity index is 2.07. The molecule has 0 bridgehead atoms. The number of nitrogens with zero attached hydrogens (tertiary/aromatic N) is 2. The molecule has 1 heterocycles. The number of rotatable bonds is 5. The predicted octanol–water partition coefficient (Wildman–Crippen LogP) is 2.24. The molecule has 0 spiro atoms. The minimum absolute atomic E-state index is 0.153. The molecule has 6 nitrogen and oxygen atoms in total. The molecule has 2 aromatic rings. The van der Waals surface area contributed by atoms with Crippen molar-refractivity contribution in [1.29, 1.82) is 0 Å². The van der Waals surface area contributed by atoms with Crippen molar-refractivity contribution in [2.45, 2.75) is 20.3 Å². The SMILES string of the molecule is CCCNC(=O)c1cccc(NC(=O)c2nnc(C)s2)c1. The van der Waals surface area contributed by atoms with Crippen molar-refractivity contribution >= 4 is 28.8 Å². The zero-order valence-electron chi connectivity index (χ0n) is 11.8. The van der Waals surface area contributed by atoms with E-state index in [4.69, 9.17) is 0 Å². The van der Waals surface area contributed by atoms with Crippen LogP contribution in [0.1, 0.15) is 38.5 Å². The maximum absolute atomic E-state index is 12.0. The molecule has 0 aliphatic heterocycles. The Kier molecular flexibility index (Phi) is 4.99. The van der Waals surface area contributed by atoms with Crippen LogP contribution in [0.2, 0.25) is 0 Å². The molecule has 0 unspecified atom stereocenters. The molecule has 2 N–H and O–H groups in total. The summed E-state index contributed by atoms with van der Waals surface area (Å²) in [5, 5.41) is 14.1. The molecule has 0 aliphatic carbocycles. The zero-order valence-corrected chi connectivity index (χ0v) is 12.7. The fraction of sp³-hybridized carbons (Fsp3) is 0.286. The summed E-state index contributed by atoms with van der Waals surface area (Å²) in [5.41, 5.74) is 1.06. The highest BCUT2D eigenvalue weighted by Crippen LogP contribution is 2.14. The molecule has 0 saturated carbocycles. The van der Waals surface area contributed by atoms with E-state index in [0.29, 0.717) is 22.8 Å². The Morgan fingerprint density at radius 3 is 2.71 bits per heavy atom. The molecule has 7 heteroatoms. The predicted molar refractivity (Wildman–Crippen MR) is 81.7 cm³/mol. The van der Waals surface area contributed by atoms with E-state index in [-0.39, 0.29) is 11.8 Å². The molecule has 2 rings (SSSR count). The molecule has 0 aliphatic rings. The van der Waals surface area contributed by atoms with Gasteiger partial charge in [-0.3, -0.25) is 9.59 Å². The van der Waals surface area contributed by atoms with E-state index in [0.717, 1.165) is 11.4 Å². The summed E-state index contributed by atoms with van der Waals surface area (Å²) in [6.07, 6.45) is 0.874. The zero-order chi connectivity index (χ0) is 15.2. The van der Waals surface area contributed by atoms with Gasteiger partial charge in [0.05, 0.1) is 0 Å². The molecule has 0 atom stereocenters. The van der Waals surface area contributed by atoms with Crippen LogP contribution in [-0.2, 0) is 0 Å². The largest absolute Gasteiger partial charge is 0.352 e. The monoisotopic (exact) mass is 304 g/mol. The molecule has 0 saturated heterocycles. The van der Waals surface area contributed by atoms with Crippen molar-refractivity contribution < 1.29 is 9.59 Å². The Labute approximate surface area is 126 Å². The molecule has 2 amide bonds. The van der Waals surface area contributed by atoms with Crippen LogP contribution in [0, 0.1) is 6.92 Å². The lowest BCUT2D eigenvalue weighted by atomic mass is 10.2. The Hall–Kier alpha value is -2.28. The summed E-state index contributed by atoms with van der Waals surface area (Å²) in [7, 11) is 0. The molecule has 1 aromatic carbocycles. The van der Waals surface area contributed by atoms with E-state index in [2.05, 4.69) is 20.8 Å². The molecule has 21 heavy (non-hydrogen) atoms. The first-order valence-corrected chi connectivity index (χ1v) is 7.41. The van der Waals surface area contributed by atoms with E-state index in [1.165, 1.54) is 11.3 Å². The van der Waals surface area contributed by atoms with Gasteiger partial charge in [-0.2, -0.15) is 0 Å². The van der Waals surface area contributed by atoms with Crippen molar-refractivity contribution in [3.8, 4) is 0 Å². The van der Waals surface area contributed by atoms with Crippen LogP contribution < -0.4 is 10.6 Å². The third-order valence-electron chi connectivity index (χ3n) is 2.64. The summed E-state index contributed by atoms with van der Waals surface area (Å²) < 4.78 is 0. The molecule has 110 valence electrons. The van der Waals surface area contributed by atoms with Gasteiger partial charge in [0, 0.05) is 17.8 Å². The van der Waals surface area contributed by atoms with Gasteiger partial charge >= 0.3 is 0 Å². The van der Waals surface area contributed by atoms with Crippen LogP contribution in [0.4, 0.5) is 5.69 Å². The third kappa shape index (κ3) is 4.09. The van der Waals surface area contributed by atoms with E-state index >= 15 is 0 Å². The van der Waals surface area contributed by atoms with E-state index in [1.807, 2.05) is 6.92 Å². The summed E-state index contributed by atoms with van der Waals surface area (Å²) in [6.45, 7) is 4.40. The molecular weight excluding hydrogens is 288 g/mol. The summed E-state index contributed by atoms with van der Waals surface area (Å²) >= 11 is 1.22. The fourth-order valence-corrected chi connectivity index (χ4v) is 2.24. The number of carbonyl (C=O) groups excluding carboxylic acids is 2. The van der Waals surface area contributed by atoms with E-state index < -0.39 is 0 Å². The van der Waals surface area contributed by atoms with Crippen molar-refractivity contribution in [1.82, 2.24) is 15.5 Å². The number of hydrogen-bond acceptors (Lipinski definition) is 5. The quantitative estimate of drug-likeness (QED) is 0.887. The van der Waals surface area contributed by atoms with Gasteiger partial charge < -0.3 is 10.6 Å². The van der Waals surface area contributed by atoms with E-state index in [1.54, 1.807) is 31.2 Å². The summed E-state index contributed by atoms with van der Waals surface area (Å²) in [4.78, 5) is 23.8. The van der Waals surface area contributed by atoms with Gasteiger partial charge in [0.1, 0.15) is 5.01 Å². The van der Waals surface area contributed by atoms with Crippen LogP contribution >= 0.6 is 11.3 Å². The Morgan fingerprint density at radius 1 is 1.24 bits per heavy atom. The molecule has 0 fully saturated rings. The number of aromatic nitrogens is 2. The average molecular weight is 304 g/mol. The van der Waals surface area contributed by atoms with Gasteiger partial charge in [0.15, 0.2) is 0 Å². The van der Waals surface area contributed by atoms with Gasteiger partial charge in [-0.15, -0.1) is 10.2 Å². The fourth-order valence-electron chi connectivity index (χ4n) is 1.65. The van der Waals surface area contributed by atoms with E-state index in [9.17, 15) is 9.59 Å². The first kappa shape index (κ1) is 15.1. The maximum Gasteiger partial charge on any atom is 0.286 e. The first-order chi connectivity index (χ1) is 10.1. The molecule has 1 aromatic heterocycles. The van der Waals surface area contributed by atoms with Crippen molar-refractivity contribution in [3.05, 3.63) is 39.8 Å². The normalized spacial score (nSPS) is 10.2. The summed E-state index contributed by atoms with van der Waals surface area (Å²) in [6, 6.07) is 6.79. The van der Waals surface area contributed by atoms with Gasteiger partial charge in [-0.05, 0) is 31.5 Å². The van der Waals surface area contributed by atoms with Crippen molar-refractivity contribution in [2.24, 2.45) is 0 Å². The number of aryl methyl sites for hydroxylation is 1. The second kappa shape index (κ2) is 6.94. The lowest BCUT2D eigenvalue weighted by Gasteiger charge is -2.06. The number of carbonyl (C=O) groups is 2. The molecule has 0 radical (unpaired) electrons. The highest BCUT2D eigenvalue weighted by molar-refractivity contribution is 7.13.